The molecule has 0 saturated carbocycles. The van der Waals surface area contributed by atoms with Crippen LogP contribution in [0.25, 0.3) is 171 Å². The molecule has 0 N–H and O–H groups in total. The van der Waals surface area contributed by atoms with Gasteiger partial charge in [-0.2, -0.15) is 0 Å². The van der Waals surface area contributed by atoms with Gasteiger partial charge in [0.1, 0.15) is 0 Å². The molecule has 3 aromatic heterocycles. The van der Waals surface area contributed by atoms with Crippen LogP contribution in [-0.2, 0) is 5.41 Å². The summed E-state index contributed by atoms with van der Waals surface area (Å²) in [5, 5.41) is 12.6. The fourth-order valence-electron chi connectivity index (χ4n) is 21.8. The van der Waals surface area contributed by atoms with E-state index in [2.05, 4.69) is 600 Å². The number of anilines is 9. The number of para-hydroxylation sites is 7. The third-order valence-electron chi connectivity index (χ3n) is 28.8. The molecule has 0 bridgehead atoms. The van der Waals surface area contributed by atoms with Gasteiger partial charge in [0.05, 0.1) is 44.5 Å². The lowest BCUT2D eigenvalue weighted by molar-refractivity contribution is 0.660. The lowest BCUT2D eigenvalue weighted by Gasteiger charge is -2.29. The Morgan fingerprint density at radius 2 is 0.399 bits per heavy atom. The van der Waals surface area contributed by atoms with Gasteiger partial charge in [0, 0.05) is 105 Å². The largest absolute Gasteiger partial charge is 0.311 e. The first kappa shape index (κ1) is 86.0. The number of benzene rings is 23. The Morgan fingerprint density at radius 1 is 0.154 bits per heavy atom. The third-order valence-corrected chi connectivity index (χ3v) is 28.8. The van der Waals surface area contributed by atoms with E-state index in [4.69, 9.17) is 0 Å². The topological polar surface area (TPSA) is 24.5 Å². The predicted octanol–water partition coefficient (Wildman–Crippen LogP) is 37.7. The Balaban J connectivity index is 0.000000114. The second-order valence-corrected chi connectivity index (χ2v) is 37.5. The average molecular weight is 1830 g/mol. The number of aromatic nitrogens is 3. The van der Waals surface area contributed by atoms with Gasteiger partial charge < -0.3 is 28.4 Å². The zero-order valence-electron chi connectivity index (χ0n) is 79.3. The number of nitrogens with zero attached hydrogens (tertiary/aromatic N) is 6. The van der Waals surface area contributed by atoms with Gasteiger partial charge in [-0.15, -0.1) is 0 Å². The Bertz CT molecular complexity index is 8960. The molecule has 6 nitrogen and oxygen atoms in total. The molecule has 26 aromatic rings. The minimum Gasteiger partial charge on any atom is -0.311 e. The van der Waals surface area contributed by atoms with E-state index in [1.54, 1.807) is 0 Å². The van der Waals surface area contributed by atoms with E-state index >= 15 is 0 Å². The van der Waals surface area contributed by atoms with Crippen LogP contribution >= 0.6 is 0 Å². The quantitative estimate of drug-likeness (QED) is 0.0908. The molecule has 3 heterocycles. The van der Waals surface area contributed by atoms with E-state index in [1.165, 1.54) is 188 Å². The van der Waals surface area contributed by atoms with Gasteiger partial charge in [0.15, 0.2) is 0 Å². The Hall–Kier alpha value is -18.6. The van der Waals surface area contributed by atoms with Gasteiger partial charge in [0.2, 0.25) is 0 Å². The lowest BCUT2D eigenvalue weighted by atomic mass is 9.82. The molecule has 0 aliphatic heterocycles. The first-order valence-electron chi connectivity index (χ1n) is 49.3. The minimum atomic E-state index is -0.225. The molecule has 1 aliphatic carbocycles. The van der Waals surface area contributed by atoms with Crippen molar-refractivity contribution in [1.82, 2.24) is 13.7 Å². The van der Waals surface area contributed by atoms with Gasteiger partial charge in [-0.1, -0.05) is 390 Å². The Labute approximate surface area is 832 Å². The standard InChI is InChI=1S/C55H40N2.C42H30N2.C40H28N2/c1-55(2)50-35-43(56(42-21-10-5-11-22-42)52-24-14-20-39-19-12-13-23-45(39)52)27-29-46(50)47-30-28-44(36-51(47)55)57-53-31-25-40(37-15-6-3-7-16-37)33-48(53)49-34-41(26-32-54(49)57)38-17-8-4-9-18-38;1-3-11-31(12-4-1)32-19-25-36(26-20-32)43(35-13-5-2-6-14-35)37-27-21-33(22-28-37)34-23-29-38(30-24-34)44-41-17-9-7-15-39(41)40-16-8-10-18-42(40)44;1-2-13-32(14-3-1)41(38-20-10-12-31-11-4-5-15-35(31)38)33-25-21-29(22-26-33)30-23-27-34(28-24-30)42-39-18-8-6-16-36(39)37-17-7-9-19-40(37)42/h3-36H,1-2H3;1-30H;1-28H. The van der Waals surface area contributed by atoms with Gasteiger partial charge in [-0.3, -0.25) is 0 Å². The summed E-state index contributed by atoms with van der Waals surface area (Å²) in [6.07, 6.45) is 0. The molecule has 0 amide bonds. The first-order chi connectivity index (χ1) is 70.7. The van der Waals surface area contributed by atoms with Crippen LogP contribution in [0.3, 0.4) is 0 Å². The van der Waals surface area contributed by atoms with Crippen LogP contribution in [-0.4, -0.2) is 13.7 Å². The zero-order chi connectivity index (χ0) is 95.3. The summed E-state index contributed by atoms with van der Waals surface area (Å²) in [5.41, 5.74) is 38.3. The van der Waals surface area contributed by atoms with E-state index < -0.39 is 0 Å². The molecule has 1 aliphatic rings. The fraction of sp³-hybridized carbons (Fsp3) is 0.0219. The smallest absolute Gasteiger partial charge is 0.0541 e. The normalized spacial score (nSPS) is 11.9. The molecule has 0 radical (unpaired) electrons. The third kappa shape index (κ3) is 16.0. The molecular weight excluding hydrogens is 1730 g/mol. The summed E-state index contributed by atoms with van der Waals surface area (Å²) in [4.78, 5) is 7.07. The van der Waals surface area contributed by atoms with Gasteiger partial charge in [0.25, 0.3) is 0 Å². The number of fused-ring (bicyclic) bond motifs is 14. The molecule has 6 heteroatoms. The molecule has 0 atom stereocenters. The van der Waals surface area contributed by atoms with Crippen LogP contribution in [0.2, 0.25) is 0 Å². The maximum atomic E-state index is 2.47. The zero-order valence-corrected chi connectivity index (χ0v) is 79.3. The highest BCUT2D eigenvalue weighted by molar-refractivity contribution is 6.14. The van der Waals surface area contributed by atoms with Crippen molar-refractivity contribution in [1.29, 1.82) is 0 Å². The lowest BCUT2D eigenvalue weighted by Crippen LogP contribution is -2.17. The Kier molecular flexibility index (Phi) is 22.3. The van der Waals surface area contributed by atoms with E-state index in [1.807, 2.05) is 0 Å². The number of hydrogen-bond acceptors (Lipinski definition) is 3. The van der Waals surface area contributed by atoms with Crippen LogP contribution in [0.4, 0.5) is 51.2 Å². The molecular formula is C137H98N6. The van der Waals surface area contributed by atoms with Crippen LogP contribution in [0.5, 0.6) is 0 Å². The van der Waals surface area contributed by atoms with Crippen LogP contribution in [0, 0.1) is 0 Å². The van der Waals surface area contributed by atoms with E-state index in [-0.39, 0.29) is 5.41 Å². The van der Waals surface area contributed by atoms with Gasteiger partial charge >= 0.3 is 0 Å². The molecule has 0 fully saturated rings. The molecule has 0 spiro atoms. The summed E-state index contributed by atoms with van der Waals surface area (Å²) >= 11 is 0. The number of hydrogen-bond donors (Lipinski definition) is 0. The first-order valence-corrected chi connectivity index (χ1v) is 49.3. The van der Waals surface area contributed by atoms with Gasteiger partial charge in [-0.05, 0) is 271 Å². The van der Waals surface area contributed by atoms with Crippen molar-refractivity contribution in [3.8, 4) is 83.8 Å². The second kappa shape index (κ2) is 37.0. The molecule has 0 unspecified atom stereocenters. The average Bonchev–Trinajstić information content (AvgIpc) is 1.56. The van der Waals surface area contributed by atoms with Crippen molar-refractivity contribution in [3.05, 3.63) is 569 Å². The summed E-state index contributed by atoms with van der Waals surface area (Å²) in [5.74, 6) is 0. The molecule has 0 saturated heterocycles. The van der Waals surface area contributed by atoms with Crippen LogP contribution in [0.15, 0.2) is 558 Å². The molecule has 143 heavy (non-hydrogen) atoms. The molecule has 27 rings (SSSR count). The summed E-state index contributed by atoms with van der Waals surface area (Å²) in [6.45, 7) is 4.78. The highest BCUT2D eigenvalue weighted by Crippen LogP contribution is 2.54. The van der Waals surface area contributed by atoms with Crippen molar-refractivity contribution in [3.63, 3.8) is 0 Å². The van der Waals surface area contributed by atoms with Crippen molar-refractivity contribution >= 4 is 138 Å². The number of rotatable bonds is 17. The monoisotopic (exact) mass is 1830 g/mol. The van der Waals surface area contributed by atoms with Crippen LogP contribution in [0.1, 0.15) is 25.0 Å². The van der Waals surface area contributed by atoms with Crippen molar-refractivity contribution < 1.29 is 0 Å². The van der Waals surface area contributed by atoms with Gasteiger partial charge in [-0.25, -0.2) is 0 Å². The maximum Gasteiger partial charge on any atom is 0.0541 e. The SMILES string of the molecule is CC1(C)c2cc(N(c3ccccc3)c3cccc4ccccc34)ccc2-c2ccc(-n3c4ccc(-c5ccccc5)cc4c4cc(-c5ccccc5)ccc43)cc21.c1ccc(-c2ccc(N(c3ccccc3)c3ccc(-c4ccc(-n5c6ccccc6c6ccccc65)cc4)cc3)cc2)cc1.c1ccc(N(c2ccc(-c3ccc(-n4c5ccccc5c5ccccc54)cc3)cc2)c2cccc3ccccc23)cc1. The van der Waals surface area contributed by atoms with Crippen molar-refractivity contribution in [2.75, 3.05) is 14.7 Å². The summed E-state index contributed by atoms with van der Waals surface area (Å²) in [6, 6.07) is 201. The minimum absolute atomic E-state index is 0.225. The highest BCUT2D eigenvalue weighted by atomic mass is 15.2. The van der Waals surface area contributed by atoms with Crippen molar-refractivity contribution in [2.45, 2.75) is 19.3 Å². The predicted molar refractivity (Wildman–Crippen MR) is 606 cm³/mol. The molecule has 676 valence electrons. The highest BCUT2D eigenvalue weighted by Gasteiger charge is 2.37. The fourth-order valence-corrected chi connectivity index (χ4v) is 21.8. The van der Waals surface area contributed by atoms with Crippen molar-refractivity contribution in [2.24, 2.45) is 0 Å². The molecule has 23 aromatic carbocycles. The summed E-state index contributed by atoms with van der Waals surface area (Å²) < 4.78 is 7.19. The maximum absolute atomic E-state index is 2.47. The Morgan fingerprint density at radius 3 is 0.783 bits per heavy atom. The van der Waals surface area contributed by atoms with E-state index in [0.717, 1.165) is 45.5 Å². The summed E-state index contributed by atoms with van der Waals surface area (Å²) in [7, 11) is 0. The van der Waals surface area contributed by atoms with Crippen LogP contribution < -0.4 is 14.7 Å². The second-order valence-electron chi connectivity index (χ2n) is 37.5. The van der Waals surface area contributed by atoms with E-state index in [9.17, 15) is 0 Å². The van der Waals surface area contributed by atoms with E-state index in [0.29, 0.717) is 0 Å².